The standard InChI is InChI=1S/C14H16BrNS/c1-10(2)11-3-5-12(6-4-11)16-9-14-13(15)7-8-17-14/h3-8,10,16H,9H2,1-2H3. The fraction of sp³-hybridized carbons (Fsp3) is 0.286. The molecule has 0 saturated heterocycles. The summed E-state index contributed by atoms with van der Waals surface area (Å²) in [4.78, 5) is 1.33. The summed E-state index contributed by atoms with van der Waals surface area (Å²) in [6.45, 7) is 5.30. The molecule has 1 N–H and O–H groups in total. The van der Waals surface area contributed by atoms with E-state index in [9.17, 15) is 0 Å². The molecule has 1 aromatic heterocycles. The van der Waals surface area contributed by atoms with Crippen molar-refractivity contribution in [2.24, 2.45) is 0 Å². The van der Waals surface area contributed by atoms with Gasteiger partial charge in [0.25, 0.3) is 0 Å². The van der Waals surface area contributed by atoms with Crippen molar-refractivity contribution in [2.75, 3.05) is 5.32 Å². The molecule has 0 atom stereocenters. The lowest BCUT2D eigenvalue weighted by Crippen LogP contribution is -1.98. The fourth-order valence-corrected chi connectivity index (χ4v) is 3.05. The van der Waals surface area contributed by atoms with Gasteiger partial charge in [0, 0.05) is 15.0 Å². The van der Waals surface area contributed by atoms with Crippen LogP contribution in [0.3, 0.4) is 0 Å². The van der Waals surface area contributed by atoms with Crippen LogP contribution in [0.25, 0.3) is 0 Å². The van der Waals surface area contributed by atoms with E-state index in [0.717, 1.165) is 6.54 Å². The minimum absolute atomic E-state index is 0.593. The Morgan fingerprint density at radius 3 is 2.41 bits per heavy atom. The lowest BCUT2D eigenvalue weighted by Gasteiger charge is -2.08. The molecule has 90 valence electrons. The van der Waals surface area contributed by atoms with Crippen LogP contribution in [0.4, 0.5) is 5.69 Å². The van der Waals surface area contributed by atoms with Crippen LogP contribution in [0.2, 0.25) is 0 Å². The molecule has 0 unspecified atom stereocenters. The first-order valence-corrected chi connectivity index (χ1v) is 7.40. The maximum absolute atomic E-state index is 3.54. The minimum atomic E-state index is 0.593. The molecule has 1 heterocycles. The molecular weight excluding hydrogens is 294 g/mol. The average Bonchev–Trinajstić information content (AvgIpc) is 2.73. The number of halogens is 1. The highest BCUT2D eigenvalue weighted by Crippen LogP contribution is 2.24. The van der Waals surface area contributed by atoms with Crippen LogP contribution in [-0.2, 0) is 6.54 Å². The molecular formula is C14H16BrNS. The Morgan fingerprint density at radius 2 is 1.88 bits per heavy atom. The molecule has 0 aliphatic heterocycles. The second-order valence-corrected chi connectivity index (χ2v) is 6.18. The summed E-state index contributed by atoms with van der Waals surface area (Å²) >= 11 is 5.31. The highest BCUT2D eigenvalue weighted by atomic mass is 79.9. The third-order valence-corrected chi connectivity index (χ3v) is 4.65. The lowest BCUT2D eigenvalue weighted by atomic mass is 10.0. The topological polar surface area (TPSA) is 12.0 Å². The molecule has 0 aliphatic rings. The van der Waals surface area contributed by atoms with Gasteiger partial charge < -0.3 is 5.32 Å². The smallest absolute Gasteiger partial charge is 0.0505 e. The summed E-state index contributed by atoms with van der Waals surface area (Å²) in [7, 11) is 0. The van der Waals surface area contributed by atoms with E-state index in [4.69, 9.17) is 0 Å². The predicted molar refractivity (Wildman–Crippen MR) is 79.9 cm³/mol. The second-order valence-electron chi connectivity index (χ2n) is 4.32. The van der Waals surface area contributed by atoms with Gasteiger partial charge >= 0.3 is 0 Å². The van der Waals surface area contributed by atoms with Crippen LogP contribution in [0.15, 0.2) is 40.2 Å². The highest BCUT2D eigenvalue weighted by molar-refractivity contribution is 9.10. The quantitative estimate of drug-likeness (QED) is 0.813. The van der Waals surface area contributed by atoms with Gasteiger partial charge in [0.1, 0.15) is 0 Å². The Kier molecular flexibility index (Phi) is 4.24. The Hall–Kier alpha value is -0.800. The second kappa shape index (κ2) is 5.69. The Bertz CT molecular complexity index is 473. The van der Waals surface area contributed by atoms with E-state index in [1.54, 1.807) is 11.3 Å². The molecule has 1 nitrogen and oxygen atoms in total. The number of nitrogens with one attached hydrogen (secondary N) is 1. The molecule has 0 radical (unpaired) electrons. The summed E-state index contributed by atoms with van der Waals surface area (Å²) in [5.74, 6) is 0.593. The zero-order valence-electron chi connectivity index (χ0n) is 10.0. The normalized spacial score (nSPS) is 10.8. The van der Waals surface area contributed by atoms with Crippen molar-refractivity contribution in [3.8, 4) is 0 Å². The fourth-order valence-electron chi connectivity index (χ4n) is 1.62. The van der Waals surface area contributed by atoms with Gasteiger partial charge in [-0.15, -0.1) is 11.3 Å². The number of rotatable bonds is 4. The van der Waals surface area contributed by atoms with Crippen molar-refractivity contribution < 1.29 is 0 Å². The van der Waals surface area contributed by atoms with Crippen molar-refractivity contribution >= 4 is 33.0 Å². The predicted octanol–water partition coefficient (Wildman–Crippen LogP) is 5.25. The van der Waals surface area contributed by atoms with E-state index in [1.807, 2.05) is 0 Å². The summed E-state index contributed by atoms with van der Waals surface area (Å²) in [6.07, 6.45) is 0. The molecule has 0 spiro atoms. The van der Waals surface area contributed by atoms with Gasteiger partial charge in [-0.3, -0.25) is 0 Å². The van der Waals surface area contributed by atoms with Gasteiger partial charge in [-0.05, 0) is 51.0 Å². The molecule has 2 rings (SSSR count). The largest absolute Gasteiger partial charge is 0.380 e. The average molecular weight is 310 g/mol. The minimum Gasteiger partial charge on any atom is -0.380 e. The Labute approximate surface area is 115 Å². The van der Waals surface area contributed by atoms with Crippen LogP contribution in [0, 0.1) is 0 Å². The van der Waals surface area contributed by atoms with E-state index in [-0.39, 0.29) is 0 Å². The Morgan fingerprint density at radius 1 is 1.18 bits per heavy atom. The number of hydrogen-bond donors (Lipinski definition) is 1. The van der Waals surface area contributed by atoms with Gasteiger partial charge in [0.2, 0.25) is 0 Å². The van der Waals surface area contributed by atoms with Crippen LogP contribution >= 0.6 is 27.3 Å². The zero-order chi connectivity index (χ0) is 12.3. The van der Waals surface area contributed by atoms with Crippen molar-refractivity contribution in [2.45, 2.75) is 26.3 Å². The highest BCUT2D eigenvalue weighted by Gasteiger charge is 2.02. The SMILES string of the molecule is CC(C)c1ccc(NCc2sccc2Br)cc1. The molecule has 0 saturated carbocycles. The van der Waals surface area contributed by atoms with Gasteiger partial charge in [-0.25, -0.2) is 0 Å². The van der Waals surface area contributed by atoms with Crippen molar-refractivity contribution in [1.29, 1.82) is 0 Å². The van der Waals surface area contributed by atoms with Crippen molar-refractivity contribution in [1.82, 2.24) is 0 Å². The van der Waals surface area contributed by atoms with Crippen molar-refractivity contribution in [3.05, 3.63) is 50.6 Å². The first-order chi connectivity index (χ1) is 8.16. The van der Waals surface area contributed by atoms with E-state index >= 15 is 0 Å². The van der Waals surface area contributed by atoms with Gasteiger partial charge in [-0.2, -0.15) is 0 Å². The van der Waals surface area contributed by atoms with E-state index in [2.05, 4.69) is 70.8 Å². The van der Waals surface area contributed by atoms with E-state index in [0.29, 0.717) is 5.92 Å². The molecule has 2 aromatic rings. The number of anilines is 1. The van der Waals surface area contributed by atoms with E-state index < -0.39 is 0 Å². The summed E-state index contributed by atoms with van der Waals surface area (Å²) in [6, 6.07) is 10.8. The zero-order valence-corrected chi connectivity index (χ0v) is 12.4. The molecule has 0 fully saturated rings. The van der Waals surface area contributed by atoms with Gasteiger partial charge in [0.05, 0.1) is 6.54 Å². The lowest BCUT2D eigenvalue weighted by molar-refractivity contribution is 0.867. The van der Waals surface area contributed by atoms with Gasteiger partial charge in [0.15, 0.2) is 0 Å². The maximum Gasteiger partial charge on any atom is 0.0505 e. The molecule has 0 amide bonds. The molecule has 0 bridgehead atoms. The summed E-state index contributed by atoms with van der Waals surface area (Å²) in [5, 5.41) is 5.53. The maximum atomic E-state index is 3.54. The first-order valence-electron chi connectivity index (χ1n) is 5.72. The third-order valence-electron chi connectivity index (χ3n) is 2.72. The van der Waals surface area contributed by atoms with E-state index in [1.165, 1.54) is 20.6 Å². The molecule has 3 heteroatoms. The summed E-state index contributed by atoms with van der Waals surface area (Å²) in [5.41, 5.74) is 2.56. The third kappa shape index (κ3) is 3.33. The Balaban J connectivity index is 1.98. The van der Waals surface area contributed by atoms with Gasteiger partial charge in [-0.1, -0.05) is 26.0 Å². The monoisotopic (exact) mass is 309 g/mol. The van der Waals surface area contributed by atoms with Crippen LogP contribution in [0.1, 0.15) is 30.2 Å². The van der Waals surface area contributed by atoms with Crippen molar-refractivity contribution in [3.63, 3.8) is 0 Å². The van der Waals surface area contributed by atoms with Crippen LogP contribution in [-0.4, -0.2) is 0 Å². The number of hydrogen-bond acceptors (Lipinski definition) is 2. The first kappa shape index (κ1) is 12.7. The van der Waals surface area contributed by atoms with Crippen LogP contribution < -0.4 is 5.32 Å². The molecule has 1 aromatic carbocycles. The van der Waals surface area contributed by atoms with Crippen LogP contribution in [0.5, 0.6) is 0 Å². The summed E-state index contributed by atoms with van der Waals surface area (Å²) < 4.78 is 1.19. The molecule has 17 heavy (non-hydrogen) atoms. The number of thiophene rings is 1. The number of benzene rings is 1. The molecule has 0 aliphatic carbocycles.